The molecule has 0 unspecified atom stereocenters. The molecule has 0 atom stereocenters. The van der Waals surface area contributed by atoms with E-state index in [1.54, 1.807) is 0 Å². The van der Waals surface area contributed by atoms with E-state index in [1.807, 2.05) is 0 Å². The molecule has 0 spiro atoms. The van der Waals surface area contributed by atoms with Crippen molar-refractivity contribution in [2.75, 3.05) is 0 Å². The third-order valence-corrected chi connectivity index (χ3v) is 16.1. The predicted molar refractivity (Wildman–Crippen MR) is 143 cm³/mol. The third kappa shape index (κ3) is 10.8. The summed E-state index contributed by atoms with van der Waals surface area (Å²) in [5.41, 5.74) is 2.65. The largest absolute Gasteiger partial charge is 3.00 e. The quantitative estimate of drug-likeness (QED) is 0.224. The number of hydrogen-bond donors (Lipinski definition) is 0. The molecule has 177 valence electrons. The molecule has 0 bridgehead atoms. The van der Waals surface area contributed by atoms with Gasteiger partial charge in [-0.1, -0.05) is 109 Å². The summed E-state index contributed by atoms with van der Waals surface area (Å²) in [4.78, 5) is 0. The molecule has 2 fully saturated rings. The molecular weight excluding hydrogens is 525 g/mol. The molecule has 0 heterocycles. The van der Waals surface area contributed by atoms with Crippen LogP contribution >= 0.6 is 0 Å². The summed E-state index contributed by atoms with van der Waals surface area (Å²) in [6, 6.07) is 0. The summed E-state index contributed by atoms with van der Waals surface area (Å²) in [6.45, 7) is 38.4. The zero-order chi connectivity index (χ0) is 23.5. The van der Waals surface area contributed by atoms with Crippen LogP contribution in [0.3, 0.4) is 0 Å². The minimum atomic E-state index is -0.856. The second kappa shape index (κ2) is 13.6. The Morgan fingerprint density at radius 2 is 0.433 bits per heavy atom. The Morgan fingerprint density at radius 1 is 0.333 bits per heavy atom. The Hall–Kier alpha value is 1.78. The van der Waals surface area contributed by atoms with E-state index in [0.717, 1.165) is 59.2 Å². The smallest absolute Gasteiger partial charge is 0.327 e. The van der Waals surface area contributed by atoms with Crippen LogP contribution in [0.1, 0.15) is 69.2 Å². The molecule has 2 rings (SSSR count). The van der Waals surface area contributed by atoms with Crippen molar-refractivity contribution in [3.8, 4) is 0 Å². The Balaban J connectivity index is 0. The Kier molecular flexibility index (Phi) is 15.4. The standard InChI is InChI=1S/2C10H20.C7H19Si2.Nd/c2*1-6-7(2)9(4)10(5)8(6)3;1-8(2,3)7-9(4,5)6;/h2*6-10H,1-5H3;7H,1-6H3;/q;;-1;+3. The Morgan fingerprint density at radius 3 is 0.467 bits per heavy atom. The van der Waals surface area contributed by atoms with Crippen molar-refractivity contribution in [3.63, 3.8) is 0 Å². The van der Waals surface area contributed by atoms with E-state index >= 15 is 0 Å². The van der Waals surface area contributed by atoms with Crippen LogP contribution in [0.15, 0.2) is 0 Å². The van der Waals surface area contributed by atoms with Crippen molar-refractivity contribution in [2.45, 2.75) is 109 Å². The van der Waals surface area contributed by atoms with Gasteiger partial charge in [0.05, 0.1) is 0 Å². The van der Waals surface area contributed by atoms with E-state index in [1.165, 1.54) is 0 Å². The maximum Gasteiger partial charge on any atom is 3.00 e. The minimum Gasteiger partial charge on any atom is -0.327 e. The fourth-order valence-electron chi connectivity index (χ4n) is 6.09. The minimum absolute atomic E-state index is 0. The molecule has 0 aliphatic heterocycles. The van der Waals surface area contributed by atoms with Crippen LogP contribution in [0.2, 0.25) is 39.3 Å². The van der Waals surface area contributed by atoms with Gasteiger partial charge in [-0.05, 0) is 59.2 Å². The van der Waals surface area contributed by atoms with Crippen molar-refractivity contribution >= 4 is 16.1 Å². The molecule has 0 N–H and O–H groups in total. The molecule has 2 aliphatic rings. The van der Waals surface area contributed by atoms with Gasteiger partial charge in [0.2, 0.25) is 0 Å². The van der Waals surface area contributed by atoms with E-state index in [2.05, 4.69) is 114 Å². The number of hydrogen-bond acceptors (Lipinski definition) is 0. The summed E-state index contributed by atoms with van der Waals surface area (Å²) in [6.07, 6.45) is 0. The fraction of sp³-hybridized carbons (Fsp3) is 0.963. The van der Waals surface area contributed by atoms with Crippen LogP contribution in [-0.4, -0.2) is 16.1 Å². The normalized spacial score (nSPS) is 41.2. The molecule has 0 amide bonds. The zero-order valence-electron chi connectivity index (χ0n) is 23.9. The van der Waals surface area contributed by atoms with Crippen molar-refractivity contribution in [1.29, 1.82) is 0 Å². The van der Waals surface area contributed by atoms with Gasteiger partial charge in [0, 0.05) is 0 Å². The predicted octanol–water partition coefficient (Wildman–Crippen LogP) is 9.31. The van der Waals surface area contributed by atoms with Crippen LogP contribution < -0.4 is 0 Å². The topological polar surface area (TPSA) is 0 Å². The Bertz CT molecular complexity index is 333. The molecule has 0 aromatic carbocycles. The molecular formula is C27H59NdSi2+2. The van der Waals surface area contributed by atoms with Gasteiger partial charge >= 0.3 is 40.8 Å². The van der Waals surface area contributed by atoms with E-state index in [-0.39, 0.29) is 40.8 Å². The summed E-state index contributed by atoms with van der Waals surface area (Å²) in [7, 11) is -1.71. The molecule has 2 saturated carbocycles. The van der Waals surface area contributed by atoms with Crippen molar-refractivity contribution in [1.82, 2.24) is 0 Å². The third-order valence-electron chi connectivity index (χ3n) is 9.16. The van der Waals surface area contributed by atoms with Crippen LogP contribution in [-0.2, 0) is 0 Å². The van der Waals surface area contributed by atoms with Gasteiger partial charge in [-0.15, -0.1) is 16.1 Å². The summed E-state index contributed by atoms with van der Waals surface area (Å²) in [5.74, 6) is 9.35. The molecule has 0 saturated heterocycles. The second-order valence-electron chi connectivity index (χ2n) is 13.5. The van der Waals surface area contributed by atoms with E-state index in [4.69, 9.17) is 0 Å². The molecule has 30 heavy (non-hydrogen) atoms. The van der Waals surface area contributed by atoms with Gasteiger partial charge < -0.3 is 5.67 Å². The first-order chi connectivity index (χ1) is 12.8. The van der Waals surface area contributed by atoms with E-state index in [9.17, 15) is 0 Å². The molecule has 3 heteroatoms. The SMILES string of the molecule is CC1C(C)C(C)C(C)C1C.CC1C(C)C(C)C(C)C1C.C[Si](C)(C)[CH-][Si](C)(C)C.[Nd+3]. The summed E-state index contributed by atoms with van der Waals surface area (Å²) >= 11 is 0. The zero-order valence-corrected chi connectivity index (χ0v) is 29.1. The van der Waals surface area contributed by atoms with Crippen LogP contribution in [0.4, 0.5) is 0 Å². The Labute approximate surface area is 228 Å². The molecule has 0 aromatic rings. The monoisotopic (exact) mass is 581 g/mol. The maximum atomic E-state index is 2.65. The first-order valence-corrected chi connectivity index (χ1v) is 19.8. The average Bonchev–Trinajstić information content (AvgIpc) is 2.83. The average molecular weight is 584 g/mol. The second-order valence-corrected chi connectivity index (χ2v) is 24.1. The molecule has 0 aromatic heterocycles. The fourth-order valence-corrected chi connectivity index (χ4v) is 16.5. The van der Waals surface area contributed by atoms with Crippen LogP contribution in [0.25, 0.3) is 0 Å². The van der Waals surface area contributed by atoms with E-state index < -0.39 is 16.1 Å². The van der Waals surface area contributed by atoms with Gasteiger partial charge in [0.1, 0.15) is 0 Å². The van der Waals surface area contributed by atoms with E-state index in [0.29, 0.717) is 0 Å². The van der Waals surface area contributed by atoms with Crippen LogP contribution in [0, 0.1) is 106 Å². The van der Waals surface area contributed by atoms with Crippen molar-refractivity contribution in [3.05, 3.63) is 5.67 Å². The van der Waals surface area contributed by atoms with Crippen LogP contribution in [0.5, 0.6) is 0 Å². The first kappa shape index (κ1) is 34.0. The first-order valence-electron chi connectivity index (χ1n) is 12.7. The van der Waals surface area contributed by atoms with Crippen molar-refractivity contribution in [2.24, 2.45) is 59.2 Å². The van der Waals surface area contributed by atoms with Gasteiger partial charge in [-0.2, -0.15) is 0 Å². The van der Waals surface area contributed by atoms with Gasteiger partial charge in [-0.25, -0.2) is 0 Å². The van der Waals surface area contributed by atoms with Gasteiger partial charge in [0.25, 0.3) is 0 Å². The molecule has 1 radical (unpaired) electrons. The van der Waals surface area contributed by atoms with Gasteiger partial charge in [-0.3, -0.25) is 0 Å². The van der Waals surface area contributed by atoms with Gasteiger partial charge in [0.15, 0.2) is 0 Å². The summed E-state index contributed by atoms with van der Waals surface area (Å²) < 4.78 is 0. The number of rotatable bonds is 2. The van der Waals surface area contributed by atoms with Crippen molar-refractivity contribution < 1.29 is 40.8 Å². The molecule has 2 aliphatic carbocycles. The maximum absolute atomic E-state index is 2.65. The summed E-state index contributed by atoms with van der Waals surface area (Å²) in [5, 5.41) is 0. The molecule has 0 nitrogen and oxygen atoms in total.